The molecule has 0 bridgehead atoms. The minimum Gasteiger partial charge on any atom is -0.462 e. The Morgan fingerprint density at radius 2 is 1.69 bits per heavy atom. The van der Waals surface area contributed by atoms with Crippen molar-refractivity contribution in [3.63, 3.8) is 0 Å². The maximum Gasteiger partial charge on any atom is 0.341 e. The average molecular weight is 522 g/mol. The first kappa shape index (κ1) is 27.3. The maximum absolute atomic E-state index is 13.1. The zero-order valence-corrected chi connectivity index (χ0v) is 23.1. The molecule has 2 heterocycles. The van der Waals surface area contributed by atoms with Gasteiger partial charge in [0.1, 0.15) is 5.00 Å². The van der Waals surface area contributed by atoms with Crippen LogP contribution < -0.4 is 10.6 Å². The molecule has 0 atom stereocenters. The number of nitrogens with zero attached hydrogens (tertiary/aromatic N) is 1. The second-order valence-electron chi connectivity index (χ2n) is 9.71. The first-order valence-corrected chi connectivity index (χ1v) is 14.1. The van der Waals surface area contributed by atoms with E-state index in [1.54, 1.807) is 20.8 Å². The highest BCUT2D eigenvalue weighted by molar-refractivity contribution is 7.89. The second-order valence-corrected chi connectivity index (χ2v) is 12.7. The molecule has 10 heteroatoms. The van der Waals surface area contributed by atoms with Gasteiger partial charge in [-0.25, -0.2) is 13.2 Å². The van der Waals surface area contributed by atoms with Gasteiger partial charge in [-0.05, 0) is 70.9 Å². The molecule has 8 nitrogen and oxygen atoms in total. The Hall–Kier alpha value is -2.27. The van der Waals surface area contributed by atoms with Gasteiger partial charge in [-0.1, -0.05) is 13.8 Å². The molecule has 2 N–H and O–H groups in total. The number of sulfonamides is 1. The number of hydrogen-bond donors (Lipinski definition) is 2. The fourth-order valence-corrected chi connectivity index (χ4v) is 7.42. The topological polar surface area (TPSA) is 105 Å². The molecule has 0 saturated heterocycles. The molecular formula is C25H35N3O5S2. The van der Waals surface area contributed by atoms with Gasteiger partial charge in [0.2, 0.25) is 10.0 Å². The summed E-state index contributed by atoms with van der Waals surface area (Å²) in [7, 11) is -3.62. The molecule has 192 valence electrons. The molecule has 0 spiro atoms. The Kier molecular flexibility index (Phi) is 7.81. The average Bonchev–Trinajstić information content (AvgIpc) is 3.11. The van der Waals surface area contributed by atoms with Gasteiger partial charge in [0, 0.05) is 34.6 Å². The van der Waals surface area contributed by atoms with Gasteiger partial charge in [0.05, 0.1) is 17.1 Å². The third-order valence-electron chi connectivity index (χ3n) is 6.01. The van der Waals surface area contributed by atoms with E-state index in [1.807, 2.05) is 0 Å². The Bertz CT molecular complexity index is 1210. The van der Waals surface area contributed by atoms with Crippen LogP contribution in [0, 0.1) is 0 Å². The summed E-state index contributed by atoms with van der Waals surface area (Å²) in [5.74, 6) is -0.888. The first-order valence-electron chi connectivity index (χ1n) is 11.8. The van der Waals surface area contributed by atoms with Gasteiger partial charge in [0.15, 0.2) is 0 Å². The fourth-order valence-electron chi connectivity index (χ4n) is 4.70. The molecule has 1 aliphatic heterocycles. The molecule has 1 amide bonds. The van der Waals surface area contributed by atoms with Gasteiger partial charge >= 0.3 is 5.97 Å². The van der Waals surface area contributed by atoms with E-state index in [4.69, 9.17) is 4.74 Å². The summed E-state index contributed by atoms with van der Waals surface area (Å²) in [6.07, 6.45) is 0.615. The lowest BCUT2D eigenvalue weighted by molar-refractivity contribution is 0.0525. The van der Waals surface area contributed by atoms with Gasteiger partial charge < -0.3 is 15.4 Å². The van der Waals surface area contributed by atoms with Crippen LogP contribution in [0.3, 0.4) is 0 Å². The number of carbonyl (C=O) groups excluding carboxylic acids is 2. The second kappa shape index (κ2) is 10.0. The third-order valence-corrected chi connectivity index (χ3v) is 9.55. The summed E-state index contributed by atoms with van der Waals surface area (Å²) in [6.45, 7) is 14.5. The summed E-state index contributed by atoms with van der Waals surface area (Å²) in [4.78, 5) is 27.2. The van der Waals surface area contributed by atoms with Crippen molar-refractivity contribution in [2.24, 2.45) is 0 Å². The SMILES string of the molecule is CCOC(=O)c1c(NC(=O)c2ccc(S(=O)(=O)N(CC)CC)cc2)sc2c1CC(C)(C)NC2(C)C. The smallest absolute Gasteiger partial charge is 0.341 e. The highest BCUT2D eigenvalue weighted by Crippen LogP contribution is 2.45. The molecule has 3 rings (SSSR count). The minimum absolute atomic E-state index is 0.131. The Morgan fingerprint density at radius 1 is 1.09 bits per heavy atom. The number of ether oxygens (including phenoxy) is 1. The number of amides is 1. The maximum atomic E-state index is 13.1. The molecule has 0 aliphatic carbocycles. The van der Waals surface area contributed by atoms with Crippen molar-refractivity contribution < 1.29 is 22.7 Å². The number of rotatable bonds is 8. The predicted molar refractivity (Wildman–Crippen MR) is 139 cm³/mol. The molecule has 1 aromatic heterocycles. The quantitative estimate of drug-likeness (QED) is 0.500. The van der Waals surface area contributed by atoms with Crippen LogP contribution in [0.15, 0.2) is 29.2 Å². The number of nitrogens with one attached hydrogen (secondary N) is 2. The van der Waals surface area contributed by atoms with Crippen molar-refractivity contribution in [3.8, 4) is 0 Å². The van der Waals surface area contributed by atoms with E-state index < -0.39 is 27.4 Å². The Morgan fingerprint density at radius 3 is 2.23 bits per heavy atom. The molecule has 0 unspecified atom stereocenters. The van der Waals surface area contributed by atoms with Crippen molar-refractivity contribution >= 4 is 38.2 Å². The van der Waals surface area contributed by atoms with Crippen LogP contribution in [-0.2, 0) is 26.7 Å². The van der Waals surface area contributed by atoms with E-state index in [2.05, 4.69) is 38.3 Å². The molecule has 0 saturated carbocycles. The fraction of sp³-hybridized carbons (Fsp3) is 0.520. The van der Waals surface area contributed by atoms with Crippen LogP contribution in [-0.4, -0.2) is 49.8 Å². The van der Waals surface area contributed by atoms with Gasteiger partial charge in [-0.2, -0.15) is 4.31 Å². The predicted octanol–water partition coefficient (Wildman–Crippen LogP) is 4.37. The third kappa shape index (κ3) is 5.45. The number of thiophene rings is 1. The molecule has 0 radical (unpaired) electrons. The van der Waals surface area contributed by atoms with E-state index in [0.717, 1.165) is 10.4 Å². The van der Waals surface area contributed by atoms with Crippen molar-refractivity contribution in [2.75, 3.05) is 25.0 Å². The summed E-state index contributed by atoms with van der Waals surface area (Å²) in [5.41, 5.74) is 0.933. The van der Waals surface area contributed by atoms with Gasteiger partial charge in [-0.15, -0.1) is 11.3 Å². The summed E-state index contributed by atoms with van der Waals surface area (Å²) < 4.78 is 32.2. The number of carbonyl (C=O) groups is 2. The number of esters is 1. The van der Waals surface area contributed by atoms with Crippen LogP contribution in [0.1, 0.15) is 79.6 Å². The zero-order valence-electron chi connectivity index (χ0n) is 21.4. The summed E-state index contributed by atoms with van der Waals surface area (Å²) in [5, 5.41) is 6.93. The van der Waals surface area contributed by atoms with Gasteiger partial charge in [0.25, 0.3) is 5.91 Å². The monoisotopic (exact) mass is 521 g/mol. The molecule has 2 aromatic rings. The number of hydrogen-bond acceptors (Lipinski definition) is 7. The van der Waals surface area contributed by atoms with Crippen molar-refractivity contribution in [3.05, 3.63) is 45.8 Å². The lowest BCUT2D eigenvalue weighted by Gasteiger charge is -2.42. The van der Waals surface area contributed by atoms with Crippen molar-refractivity contribution in [1.29, 1.82) is 0 Å². The lowest BCUT2D eigenvalue weighted by atomic mass is 9.81. The van der Waals surface area contributed by atoms with Crippen LogP contribution >= 0.6 is 11.3 Å². The van der Waals surface area contributed by atoms with Crippen LogP contribution in [0.5, 0.6) is 0 Å². The van der Waals surface area contributed by atoms with Crippen LogP contribution in [0.25, 0.3) is 0 Å². The Balaban J connectivity index is 1.96. The number of anilines is 1. The highest BCUT2D eigenvalue weighted by Gasteiger charge is 2.42. The van der Waals surface area contributed by atoms with E-state index in [0.29, 0.717) is 35.6 Å². The molecule has 1 aromatic carbocycles. The number of fused-ring (bicyclic) bond motifs is 1. The van der Waals surface area contributed by atoms with Gasteiger partial charge in [-0.3, -0.25) is 4.79 Å². The van der Waals surface area contributed by atoms with E-state index >= 15 is 0 Å². The van der Waals surface area contributed by atoms with Crippen molar-refractivity contribution in [1.82, 2.24) is 9.62 Å². The van der Waals surface area contributed by atoms with Crippen molar-refractivity contribution in [2.45, 2.75) is 70.9 Å². The van der Waals surface area contributed by atoms with E-state index in [9.17, 15) is 18.0 Å². The highest BCUT2D eigenvalue weighted by atomic mass is 32.2. The zero-order chi connectivity index (χ0) is 26.2. The minimum atomic E-state index is -3.62. The van der Waals surface area contributed by atoms with E-state index in [1.165, 1.54) is 39.9 Å². The molecule has 0 fully saturated rings. The summed E-state index contributed by atoms with van der Waals surface area (Å²) >= 11 is 1.37. The standard InChI is InChI=1S/C25H35N3O5S2/c1-8-28(9-2)35(31,32)17-13-11-16(12-14-17)21(29)26-22-19(23(30)33-10-3)18-15-24(4,5)27-25(6,7)20(18)34-22/h11-14,27H,8-10,15H2,1-7H3,(H,26,29). The summed E-state index contributed by atoms with van der Waals surface area (Å²) in [6, 6.07) is 5.84. The van der Waals surface area contributed by atoms with Crippen LogP contribution in [0.2, 0.25) is 0 Å². The molecule has 35 heavy (non-hydrogen) atoms. The van der Waals surface area contributed by atoms with Crippen LogP contribution in [0.4, 0.5) is 5.00 Å². The Labute approximate surface area is 212 Å². The van der Waals surface area contributed by atoms with E-state index in [-0.39, 0.29) is 17.0 Å². The lowest BCUT2D eigenvalue weighted by Crippen LogP contribution is -2.55. The first-order chi connectivity index (χ1) is 16.3. The largest absolute Gasteiger partial charge is 0.462 e. The number of benzene rings is 1. The normalized spacial score (nSPS) is 16.6. The molecule has 1 aliphatic rings. The molecular weight excluding hydrogens is 486 g/mol.